The van der Waals surface area contributed by atoms with Crippen LogP contribution >= 0.6 is 0 Å². The Balaban J connectivity index is 4.77. The minimum atomic E-state index is -0.479. The van der Waals surface area contributed by atoms with Crippen LogP contribution in [0.5, 0.6) is 0 Å². The molecule has 0 saturated carbocycles. The largest absolute Gasteiger partial charge is 0.464 e. The summed E-state index contributed by atoms with van der Waals surface area (Å²) in [7, 11) is 0. The summed E-state index contributed by atoms with van der Waals surface area (Å²) in [5.74, 6) is -0.0827. The van der Waals surface area contributed by atoms with Crippen LogP contribution in [0.4, 0.5) is 0 Å². The van der Waals surface area contributed by atoms with Gasteiger partial charge in [0.25, 0.3) is 0 Å². The molecule has 1 atom stereocenters. The third kappa shape index (κ3) is 7.30. The van der Waals surface area contributed by atoms with Crippen LogP contribution in [-0.4, -0.2) is 24.7 Å². The molecule has 0 rings (SSSR count). The summed E-state index contributed by atoms with van der Waals surface area (Å²) in [4.78, 5) is 12.7. The van der Waals surface area contributed by atoms with E-state index in [2.05, 4.69) is 67.6 Å². The molecule has 1 unspecified atom stereocenters. The molecule has 0 aliphatic heterocycles. The fraction of sp³-hybridized carbons (Fsp3) is 0.944. The van der Waals surface area contributed by atoms with Crippen molar-refractivity contribution >= 4 is 5.97 Å². The van der Waals surface area contributed by atoms with E-state index < -0.39 is 5.41 Å². The molecule has 3 nitrogen and oxygen atoms in total. The summed E-state index contributed by atoms with van der Waals surface area (Å²) < 4.78 is 5.57. The van der Waals surface area contributed by atoms with Crippen LogP contribution in [0.25, 0.3) is 0 Å². The SMILES string of the molecule is CC(C)(C)CC(C)(C(=O)OCCNC(C)(C)C)C(C)(C)C. The number of ether oxygens (including phenoxy) is 1. The maximum Gasteiger partial charge on any atom is 0.312 e. The lowest BCUT2D eigenvalue weighted by atomic mass is 9.61. The number of nitrogens with one attached hydrogen (secondary N) is 1. The summed E-state index contributed by atoms with van der Waals surface area (Å²) >= 11 is 0. The Kier molecular flexibility index (Phi) is 6.50. The van der Waals surface area contributed by atoms with Gasteiger partial charge in [0.05, 0.1) is 5.41 Å². The average Bonchev–Trinajstić information content (AvgIpc) is 2.18. The standard InChI is InChI=1S/C18H37NO2/c1-15(2,3)13-18(10,16(4,5)6)14(20)21-12-11-19-17(7,8)9/h19H,11-13H2,1-10H3. The molecule has 0 aliphatic rings. The predicted molar refractivity (Wildman–Crippen MR) is 90.3 cm³/mol. The number of rotatable bonds is 5. The summed E-state index contributed by atoms with van der Waals surface area (Å²) in [6.07, 6.45) is 0.815. The molecule has 1 N–H and O–H groups in total. The highest BCUT2D eigenvalue weighted by atomic mass is 16.5. The van der Waals surface area contributed by atoms with E-state index in [9.17, 15) is 4.79 Å². The molecular formula is C18H37NO2. The normalized spacial score (nSPS) is 16.5. The topological polar surface area (TPSA) is 38.3 Å². The van der Waals surface area contributed by atoms with Crippen molar-refractivity contribution in [3.8, 4) is 0 Å². The van der Waals surface area contributed by atoms with Crippen LogP contribution in [0, 0.1) is 16.2 Å². The zero-order valence-electron chi connectivity index (χ0n) is 15.9. The van der Waals surface area contributed by atoms with Gasteiger partial charge in [0.1, 0.15) is 6.61 Å². The molecule has 0 aromatic heterocycles. The molecule has 0 fully saturated rings. The second-order valence-corrected chi connectivity index (χ2v) is 9.63. The number of carbonyl (C=O) groups is 1. The molecule has 0 aromatic carbocycles. The van der Waals surface area contributed by atoms with Crippen molar-refractivity contribution in [3.63, 3.8) is 0 Å². The van der Waals surface area contributed by atoms with Gasteiger partial charge in [0.15, 0.2) is 0 Å². The van der Waals surface area contributed by atoms with Gasteiger partial charge >= 0.3 is 5.97 Å². The van der Waals surface area contributed by atoms with E-state index in [-0.39, 0.29) is 22.3 Å². The number of hydrogen-bond donors (Lipinski definition) is 1. The third-order valence-electron chi connectivity index (χ3n) is 3.98. The van der Waals surface area contributed by atoms with Gasteiger partial charge < -0.3 is 10.1 Å². The van der Waals surface area contributed by atoms with E-state index >= 15 is 0 Å². The molecule has 21 heavy (non-hydrogen) atoms. The number of esters is 1. The van der Waals surface area contributed by atoms with Crippen molar-refractivity contribution in [2.24, 2.45) is 16.2 Å². The van der Waals surface area contributed by atoms with Crippen LogP contribution < -0.4 is 5.32 Å². The second kappa shape index (κ2) is 6.68. The number of hydrogen-bond acceptors (Lipinski definition) is 3. The quantitative estimate of drug-likeness (QED) is 0.604. The third-order valence-corrected chi connectivity index (χ3v) is 3.98. The van der Waals surface area contributed by atoms with Crippen LogP contribution in [0.1, 0.15) is 75.7 Å². The van der Waals surface area contributed by atoms with Gasteiger partial charge in [-0.3, -0.25) is 4.79 Å². The second-order valence-electron chi connectivity index (χ2n) is 9.63. The van der Waals surface area contributed by atoms with Crippen LogP contribution in [0.15, 0.2) is 0 Å². The Bertz CT molecular complexity index is 342. The van der Waals surface area contributed by atoms with Gasteiger partial charge in [-0.15, -0.1) is 0 Å². The molecule has 0 aromatic rings. The van der Waals surface area contributed by atoms with E-state index in [1.54, 1.807) is 0 Å². The minimum Gasteiger partial charge on any atom is -0.464 e. The number of carbonyl (C=O) groups excluding carboxylic acids is 1. The van der Waals surface area contributed by atoms with Crippen molar-refractivity contribution in [1.82, 2.24) is 5.32 Å². The minimum absolute atomic E-state index is 0.0468. The molecule has 0 aliphatic carbocycles. The molecule has 0 heterocycles. The van der Waals surface area contributed by atoms with Gasteiger partial charge in [-0.25, -0.2) is 0 Å². The van der Waals surface area contributed by atoms with Crippen LogP contribution in [-0.2, 0) is 9.53 Å². The van der Waals surface area contributed by atoms with Gasteiger partial charge in [0.2, 0.25) is 0 Å². The Labute approximate surface area is 132 Å². The molecule has 3 heteroatoms. The highest BCUT2D eigenvalue weighted by Gasteiger charge is 2.47. The van der Waals surface area contributed by atoms with Crippen molar-refractivity contribution in [1.29, 1.82) is 0 Å². The van der Waals surface area contributed by atoms with Gasteiger partial charge in [-0.1, -0.05) is 41.5 Å². The average molecular weight is 299 g/mol. The van der Waals surface area contributed by atoms with E-state index in [1.165, 1.54) is 0 Å². The highest BCUT2D eigenvalue weighted by molar-refractivity contribution is 5.77. The van der Waals surface area contributed by atoms with E-state index in [0.29, 0.717) is 13.2 Å². The van der Waals surface area contributed by atoms with Gasteiger partial charge in [0, 0.05) is 12.1 Å². The zero-order chi connectivity index (χ0) is 17.1. The van der Waals surface area contributed by atoms with E-state index in [4.69, 9.17) is 4.74 Å². The van der Waals surface area contributed by atoms with E-state index in [1.807, 2.05) is 6.92 Å². The first-order chi connectivity index (χ1) is 9.08. The van der Waals surface area contributed by atoms with Crippen LogP contribution in [0.3, 0.4) is 0 Å². The maximum atomic E-state index is 12.7. The Morgan fingerprint density at radius 2 is 1.38 bits per heavy atom. The van der Waals surface area contributed by atoms with Crippen molar-refractivity contribution in [2.45, 2.75) is 81.2 Å². The smallest absolute Gasteiger partial charge is 0.312 e. The van der Waals surface area contributed by atoms with Crippen LogP contribution in [0.2, 0.25) is 0 Å². The molecular weight excluding hydrogens is 262 g/mol. The summed E-state index contributed by atoms with van der Waals surface area (Å²) in [6, 6.07) is 0. The van der Waals surface area contributed by atoms with Crippen molar-refractivity contribution in [2.75, 3.05) is 13.2 Å². The first-order valence-corrected chi connectivity index (χ1v) is 8.01. The molecule has 0 amide bonds. The first-order valence-electron chi connectivity index (χ1n) is 8.01. The Hall–Kier alpha value is -0.570. The summed E-state index contributed by atoms with van der Waals surface area (Å²) in [5, 5.41) is 3.34. The maximum absolute atomic E-state index is 12.7. The predicted octanol–water partition coefficient (Wildman–Crippen LogP) is 4.41. The monoisotopic (exact) mass is 299 g/mol. The van der Waals surface area contributed by atoms with Gasteiger partial charge in [-0.2, -0.15) is 0 Å². The molecule has 0 radical (unpaired) electrons. The van der Waals surface area contributed by atoms with Crippen molar-refractivity contribution < 1.29 is 9.53 Å². The Morgan fingerprint density at radius 1 is 0.905 bits per heavy atom. The van der Waals surface area contributed by atoms with Gasteiger partial charge in [-0.05, 0) is 44.9 Å². The first kappa shape index (κ1) is 20.4. The lowest BCUT2D eigenvalue weighted by Crippen LogP contribution is -2.45. The Morgan fingerprint density at radius 3 is 1.71 bits per heavy atom. The zero-order valence-corrected chi connectivity index (χ0v) is 15.9. The molecule has 0 saturated heterocycles. The molecule has 0 spiro atoms. The highest BCUT2D eigenvalue weighted by Crippen LogP contribution is 2.47. The lowest BCUT2D eigenvalue weighted by molar-refractivity contribution is -0.164. The van der Waals surface area contributed by atoms with E-state index in [0.717, 1.165) is 6.42 Å². The fourth-order valence-corrected chi connectivity index (χ4v) is 2.43. The molecule has 0 bridgehead atoms. The van der Waals surface area contributed by atoms with Crippen molar-refractivity contribution in [3.05, 3.63) is 0 Å². The summed E-state index contributed by atoms with van der Waals surface area (Å²) in [6.45, 7) is 22.3. The lowest BCUT2D eigenvalue weighted by Gasteiger charge is -2.43. The fourth-order valence-electron chi connectivity index (χ4n) is 2.43. The summed E-state index contributed by atoms with van der Waals surface area (Å²) in [5.41, 5.74) is -0.475. The molecule has 126 valence electrons.